The summed E-state index contributed by atoms with van der Waals surface area (Å²) in [5, 5.41) is 8.85. The van der Waals surface area contributed by atoms with Crippen molar-refractivity contribution in [3.63, 3.8) is 0 Å². The number of phenols is 1. The Kier molecular flexibility index (Phi) is 4.48. The van der Waals surface area contributed by atoms with Crippen molar-refractivity contribution in [2.24, 2.45) is 0 Å². The van der Waals surface area contributed by atoms with Crippen molar-refractivity contribution < 1.29 is 7.96 Å². The molecule has 0 spiro atoms. The van der Waals surface area contributed by atoms with Gasteiger partial charge in [-0.2, -0.15) is 0 Å². The minimum Gasteiger partial charge on any atom is -1.00 e. The van der Waals surface area contributed by atoms with Crippen molar-refractivity contribution in [3.05, 3.63) is 29.8 Å². The van der Waals surface area contributed by atoms with E-state index in [4.69, 9.17) is 5.11 Å². The third-order valence-corrected chi connectivity index (χ3v) is 1.34. The summed E-state index contributed by atoms with van der Waals surface area (Å²) in [5.74, 6) is 0.340. The normalized spacial score (nSPS) is 8.50. The first-order valence-corrected chi connectivity index (χ1v) is 3.11. The predicted molar refractivity (Wildman–Crippen MR) is 45.5 cm³/mol. The summed E-state index contributed by atoms with van der Waals surface area (Å²) >= 11 is 0. The zero-order valence-corrected chi connectivity index (χ0v) is 7.59. The van der Waals surface area contributed by atoms with Crippen LogP contribution in [0.3, 0.4) is 0 Å². The Bertz CT molecular complexity index is 189. The fraction of sp³-hybridized carbons (Fsp3) is 0.250. The van der Waals surface area contributed by atoms with Gasteiger partial charge in [-0.3, -0.25) is 0 Å². The Hall–Kier alpha value is -0.214. The molecular formula is C8H12MgO. The summed E-state index contributed by atoms with van der Waals surface area (Å²) in [7, 11) is 0. The molecule has 0 heterocycles. The van der Waals surface area contributed by atoms with Gasteiger partial charge in [0.1, 0.15) is 5.75 Å². The van der Waals surface area contributed by atoms with Gasteiger partial charge in [-0.15, -0.1) is 0 Å². The van der Waals surface area contributed by atoms with Crippen LogP contribution in [0.1, 0.15) is 15.3 Å². The molecule has 0 atom stereocenters. The van der Waals surface area contributed by atoms with E-state index in [1.54, 1.807) is 12.1 Å². The molecular weight excluding hydrogens is 136 g/mol. The molecule has 0 saturated carbocycles. The number of aromatic hydroxyl groups is 1. The minimum absolute atomic E-state index is 0. The van der Waals surface area contributed by atoms with Crippen LogP contribution in [0.4, 0.5) is 0 Å². The molecule has 0 aliphatic rings. The van der Waals surface area contributed by atoms with E-state index in [2.05, 4.69) is 6.92 Å². The molecule has 0 aromatic heterocycles. The zero-order valence-electron chi connectivity index (χ0n) is 8.17. The third-order valence-electron chi connectivity index (χ3n) is 1.34. The minimum atomic E-state index is 0. The second-order valence-electron chi connectivity index (χ2n) is 2.02. The fourth-order valence-electron chi connectivity index (χ4n) is 0.732. The number of phenolic OH excluding ortho intramolecular Hbond substituents is 1. The molecule has 1 rings (SSSR count). The van der Waals surface area contributed by atoms with Gasteiger partial charge in [0.2, 0.25) is 0 Å². The largest absolute Gasteiger partial charge is 2.00 e. The Morgan fingerprint density at radius 2 is 1.80 bits per heavy atom. The molecule has 1 N–H and O–H groups in total. The standard InChI is InChI=1S/C8H10O.Mg.2H/c1-2-7-3-5-8(9)6-4-7;;;/h3-6,9H,2H2,1H3;;;/q;+2;2*-1. The van der Waals surface area contributed by atoms with Gasteiger partial charge in [0.15, 0.2) is 0 Å². The van der Waals surface area contributed by atoms with Crippen molar-refractivity contribution in [1.82, 2.24) is 0 Å². The predicted octanol–water partition coefficient (Wildman–Crippen LogP) is 1.80. The van der Waals surface area contributed by atoms with Gasteiger partial charge < -0.3 is 7.96 Å². The molecule has 0 amide bonds. The maximum absolute atomic E-state index is 8.85. The van der Waals surface area contributed by atoms with Crippen LogP contribution in [0, 0.1) is 0 Å². The summed E-state index contributed by atoms with van der Waals surface area (Å²) in [6.45, 7) is 2.09. The van der Waals surface area contributed by atoms with Crippen LogP contribution < -0.4 is 0 Å². The summed E-state index contributed by atoms with van der Waals surface area (Å²) < 4.78 is 0. The van der Waals surface area contributed by atoms with Crippen LogP contribution >= 0.6 is 0 Å². The van der Waals surface area contributed by atoms with Gasteiger partial charge in [0.05, 0.1) is 0 Å². The van der Waals surface area contributed by atoms with Crippen molar-refractivity contribution >= 4 is 23.1 Å². The van der Waals surface area contributed by atoms with Crippen LogP contribution in [-0.4, -0.2) is 28.2 Å². The SMILES string of the molecule is CCc1ccc(O)cc1.[H-].[H-].[Mg+2]. The van der Waals surface area contributed by atoms with Gasteiger partial charge in [0, 0.05) is 0 Å². The van der Waals surface area contributed by atoms with E-state index in [-0.39, 0.29) is 25.9 Å². The number of hydrogen-bond donors (Lipinski definition) is 1. The Labute approximate surface area is 80.2 Å². The van der Waals surface area contributed by atoms with Gasteiger partial charge in [0.25, 0.3) is 0 Å². The van der Waals surface area contributed by atoms with Crippen LogP contribution in [0.5, 0.6) is 5.75 Å². The van der Waals surface area contributed by atoms with Crippen molar-refractivity contribution in [3.8, 4) is 5.75 Å². The van der Waals surface area contributed by atoms with Crippen molar-refractivity contribution in [2.75, 3.05) is 0 Å². The monoisotopic (exact) mass is 148 g/mol. The molecule has 2 heteroatoms. The quantitative estimate of drug-likeness (QED) is 0.602. The van der Waals surface area contributed by atoms with Gasteiger partial charge >= 0.3 is 23.1 Å². The Morgan fingerprint density at radius 3 is 2.20 bits per heavy atom. The van der Waals surface area contributed by atoms with Crippen molar-refractivity contribution in [1.29, 1.82) is 0 Å². The molecule has 0 bridgehead atoms. The number of aryl methyl sites for hydroxylation is 1. The second-order valence-corrected chi connectivity index (χ2v) is 2.02. The molecule has 10 heavy (non-hydrogen) atoms. The smallest absolute Gasteiger partial charge is 1.00 e. The van der Waals surface area contributed by atoms with Gasteiger partial charge in [-0.25, -0.2) is 0 Å². The van der Waals surface area contributed by atoms with E-state index in [0.29, 0.717) is 5.75 Å². The number of rotatable bonds is 1. The maximum atomic E-state index is 8.85. The molecule has 0 aliphatic carbocycles. The Morgan fingerprint density at radius 1 is 1.30 bits per heavy atom. The van der Waals surface area contributed by atoms with Crippen LogP contribution in [-0.2, 0) is 6.42 Å². The second kappa shape index (κ2) is 4.58. The zero-order chi connectivity index (χ0) is 6.69. The van der Waals surface area contributed by atoms with Crippen LogP contribution in [0.2, 0.25) is 0 Å². The molecule has 52 valence electrons. The van der Waals surface area contributed by atoms with E-state index in [0.717, 1.165) is 6.42 Å². The van der Waals surface area contributed by atoms with E-state index in [9.17, 15) is 0 Å². The first kappa shape index (κ1) is 9.79. The molecule has 1 nitrogen and oxygen atoms in total. The molecule has 0 aliphatic heterocycles. The number of benzene rings is 1. The molecule has 0 unspecified atom stereocenters. The van der Waals surface area contributed by atoms with Crippen LogP contribution in [0.15, 0.2) is 24.3 Å². The number of hydrogen-bond acceptors (Lipinski definition) is 1. The first-order chi connectivity index (χ1) is 4.33. The van der Waals surface area contributed by atoms with E-state index >= 15 is 0 Å². The molecule has 0 radical (unpaired) electrons. The molecule has 0 saturated heterocycles. The summed E-state index contributed by atoms with van der Waals surface area (Å²) in [4.78, 5) is 0. The van der Waals surface area contributed by atoms with E-state index < -0.39 is 0 Å². The summed E-state index contributed by atoms with van der Waals surface area (Å²) in [6, 6.07) is 7.27. The van der Waals surface area contributed by atoms with Gasteiger partial charge in [-0.1, -0.05) is 19.1 Å². The van der Waals surface area contributed by atoms with Gasteiger partial charge in [-0.05, 0) is 24.1 Å². The van der Waals surface area contributed by atoms with E-state index in [1.807, 2.05) is 12.1 Å². The first-order valence-electron chi connectivity index (χ1n) is 3.11. The average Bonchev–Trinajstić information content (AvgIpc) is 1.90. The van der Waals surface area contributed by atoms with Crippen molar-refractivity contribution in [2.45, 2.75) is 13.3 Å². The topological polar surface area (TPSA) is 20.2 Å². The van der Waals surface area contributed by atoms with Crippen LogP contribution in [0.25, 0.3) is 0 Å². The third kappa shape index (κ3) is 2.58. The maximum Gasteiger partial charge on any atom is 2.00 e. The molecule has 0 fully saturated rings. The molecule has 1 aromatic carbocycles. The Balaban J connectivity index is -0.000000270. The average molecular weight is 148 g/mol. The molecule has 1 aromatic rings. The summed E-state index contributed by atoms with van der Waals surface area (Å²) in [6.07, 6.45) is 1.03. The van der Waals surface area contributed by atoms with E-state index in [1.165, 1.54) is 5.56 Å². The fourth-order valence-corrected chi connectivity index (χ4v) is 0.732. The summed E-state index contributed by atoms with van der Waals surface area (Å²) in [5.41, 5.74) is 1.26.